The largest absolute Gasteiger partial charge is 0.296 e. The van der Waals surface area contributed by atoms with Gasteiger partial charge in [0.25, 0.3) is 5.91 Å². The zero-order chi connectivity index (χ0) is 16.1. The van der Waals surface area contributed by atoms with Crippen molar-refractivity contribution in [2.24, 2.45) is 0 Å². The number of carbonyl (C=O) groups is 1. The van der Waals surface area contributed by atoms with Gasteiger partial charge in [-0.05, 0) is 42.0 Å². The van der Waals surface area contributed by atoms with Crippen molar-refractivity contribution in [2.45, 2.75) is 15.0 Å². The number of thiophene rings is 1. The Balaban J connectivity index is 1.58. The first-order valence-electron chi connectivity index (χ1n) is 6.68. The number of nitrogens with one attached hydrogen (secondary N) is 1. The van der Waals surface area contributed by atoms with E-state index in [0.717, 1.165) is 15.0 Å². The Morgan fingerprint density at radius 3 is 2.74 bits per heavy atom. The van der Waals surface area contributed by atoms with Crippen LogP contribution < -0.4 is 5.32 Å². The smallest absolute Gasteiger partial charge is 0.257 e. The minimum atomic E-state index is -0.163. The molecule has 0 spiro atoms. The molecule has 1 aromatic carbocycles. The number of hydrogen-bond donors (Lipinski definition) is 1. The third-order valence-corrected chi connectivity index (χ3v) is 6.72. The number of rotatable bonds is 6. The van der Waals surface area contributed by atoms with Crippen molar-refractivity contribution in [2.75, 3.05) is 11.6 Å². The van der Waals surface area contributed by atoms with E-state index in [9.17, 15) is 4.79 Å². The molecule has 3 rings (SSSR count). The van der Waals surface area contributed by atoms with Gasteiger partial charge in [0.1, 0.15) is 0 Å². The van der Waals surface area contributed by atoms with Crippen LogP contribution >= 0.6 is 46.2 Å². The first-order valence-corrected chi connectivity index (χ1v) is 10.6. The van der Waals surface area contributed by atoms with Gasteiger partial charge in [-0.3, -0.25) is 10.1 Å². The summed E-state index contributed by atoms with van der Waals surface area (Å²) in [5, 5.41) is 13.5. The molecule has 8 heteroatoms. The molecule has 0 atom stereocenters. The predicted molar refractivity (Wildman–Crippen MR) is 100.0 cm³/mol. The molecule has 23 heavy (non-hydrogen) atoms. The minimum absolute atomic E-state index is 0.163. The Kier molecular flexibility index (Phi) is 5.71. The Bertz CT molecular complexity index is 768. The van der Waals surface area contributed by atoms with Crippen LogP contribution in [-0.2, 0) is 5.75 Å². The van der Waals surface area contributed by atoms with E-state index in [2.05, 4.69) is 27.0 Å². The molecule has 1 N–H and O–H groups in total. The fourth-order valence-electron chi connectivity index (χ4n) is 1.76. The SMILES string of the molecule is CSc1ccc(C(=O)Nc2nnc(SCc3cccs3)s2)cc1. The molecule has 0 aliphatic heterocycles. The van der Waals surface area contributed by atoms with Gasteiger partial charge in [-0.1, -0.05) is 29.2 Å². The van der Waals surface area contributed by atoms with Gasteiger partial charge in [-0.15, -0.1) is 33.3 Å². The molecule has 1 amide bonds. The number of carbonyl (C=O) groups excluding carboxylic acids is 1. The first kappa shape index (κ1) is 16.5. The highest BCUT2D eigenvalue weighted by Gasteiger charge is 2.11. The van der Waals surface area contributed by atoms with Gasteiger partial charge in [-0.2, -0.15) is 0 Å². The molecule has 118 valence electrons. The van der Waals surface area contributed by atoms with Crippen LogP contribution in [0.3, 0.4) is 0 Å². The van der Waals surface area contributed by atoms with Crippen molar-refractivity contribution >= 4 is 57.2 Å². The van der Waals surface area contributed by atoms with Crippen molar-refractivity contribution in [3.8, 4) is 0 Å². The Labute approximate surface area is 150 Å². The quantitative estimate of drug-likeness (QED) is 0.489. The van der Waals surface area contributed by atoms with Gasteiger partial charge in [0, 0.05) is 21.1 Å². The van der Waals surface area contributed by atoms with Crippen LogP contribution in [0.2, 0.25) is 0 Å². The number of aromatic nitrogens is 2. The number of nitrogens with zero attached hydrogens (tertiary/aromatic N) is 2. The normalized spacial score (nSPS) is 10.7. The van der Waals surface area contributed by atoms with E-state index in [0.29, 0.717) is 10.7 Å². The molecule has 4 nitrogen and oxygen atoms in total. The van der Waals surface area contributed by atoms with Crippen molar-refractivity contribution in [1.82, 2.24) is 10.2 Å². The fourth-order valence-corrected chi connectivity index (χ4v) is 4.69. The Hall–Kier alpha value is -1.35. The van der Waals surface area contributed by atoms with Crippen molar-refractivity contribution in [3.63, 3.8) is 0 Å². The summed E-state index contributed by atoms with van der Waals surface area (Å²) in [5.74, 6) is 0.708. The number of benzene rings is 1. The maximum atomic E-state index is 12.2. The van der Waals surface area contributed by atoms with Crippen LogP contribution in [0.15, 0.2) is 51.0 Å². The molecule has 0 fully saturated rings. The summed E-state index contributed by atoms with van der Waals surface area (Å²) in [6.45, 7) is 0. The highest BCUT2D eigenvalue weighted by Crippen LogP contribution is 2.29. The fraction of sp³-hybridized carbons (Fsp3) is 0.133. The van der Waals surface area contributed by atoms with Gasteiger partial charge in [0.05, 0.1) is 0 Å². The van der Waals surface area contributed by atoms with E-state index in [1.807, 2.05) is 36.6 Å². The highest BCUT2D eigenvalue weighted by molar-refractivity contribution is 8.00. The molecule has 2 heterocycles. The summed E-state index contributed by atoms with van der Waals surface area (Å²) in [4.78, 5) is 14.6. The zero-order valence-electron chi connectivity index (χ0n) is 12.2. The second-order valence-electron chi connectivity index (χ2n) is 4.42. The van der Waals surface area contributed by atoms with E-state index < -0.39 is 0 Å². The standard InChI is InChI=1S/C15H13N3OS4/c1-20-11-6-4-10(5-7-11)13(19)16-14-17-18-15(23-14)22-9-12-3-2-8-21-12/h2-8H,9H2,1H3,(H,16,17,19). The Morgan fingerprint density at radius 1 is 1.22 bits per heavy atom. The number of amides is 1. The van der Waals surface area contributed by atoms with Crippen molar-refractivity contribution in [1.29, 1.82) is 0 Å². The molecule has 0 saturated heterocycles. The van der Waals surface area contributed by atoms with Crippen molar-refractivity contribution in [3.05, 3.63) is 52.2 Å². The van der Waals surface area contributed by atoms with Crippen LogP contribution in [0, 0.1) is 0 Å². The lowest BCUT2D eigenvalue weighted by molar-refractivity contribution is 0.102. The van der Waals surface area contributed by atoms with Gasteiger partial charge in [-0.25, -0.2) is 0 Å². The van der Waals surface area contributed by atoms with Crippen molar-refractivity contribution < 1.29 is 4.79 Å². The van der Waals surface area contributed by atoms with Gasteiger partial charge in [0.2, 0.25) is 5.13 Å². The second-order valence-corrected chi connectivity index (χ2v) is 8.54. The summed E-state index contributed by atoms with van der Waals surface area (Å²) in [6, 6.07) is 11.6. The molecular formula is C15H13N3OS4. The summed E-state index contributed by atoms with van der Waals surface area (Å²) in [5.41, 5.74) is 0.616. The molecule has 0 unspecified atom stereocenters. The monoisotopic (exact) mass is 379 g/mol. The average molecular weight is 380 g/mol. The summed E-state index contributed by atoms with van der Waals surface area (Å²) < 4.78 is 0.853. The average Bonchev–Trinajstić information content (AvgIpc) is 3.24. The molecule has 0 aliphatic carbocycles. The summed E-state index contributed by atoms with van der Waals surface area (Å²) in [7, 11) is 0. The molecule has 2 aromatic heterocycles. The topological polar surface area (TPSA) is 54.9 Å². The minimum Gasteiger partial charge on any atom is -0.296 e. The lowest BCUT2D eigenvalue weighted by atomic mass is 10.2. The highest BCUT2D eigenvalue weighted by atomic mass is 32.2. The third kappa shape index (κ3) is 4.57. The first-order chi connectivity index (χ1) is 11.2. The number of thioether (sulfide) groups is 2. The van der Waals surface area contributed by atoms with E-state index in [1.54, 1.807) is 34.9 Å². The van der Waals surface area contributed by atoms with E-state index >= 15 is 0 Å². The number of hydrogen-bond acceptors (Lipinski definition) is 7. The summed E-state index contributed by atoms with van der Waals surface area (Å²) >= 11 is 6.39. The lowest BCUT2D eigenvalue weighted by Crippen LogP contribution is -2.11. The summed E-state index contributed by atoms with van der Waals surface area (Å²) in [6.07, 6.45) is 2.01. The molecule has 3 aromatic rings. The van der Waals surface area contributed by atoms with E-state index in [4.69, 9.17) is 0 Å². The molecule has 0 aliphatic rings. The van der Waals surface area contributed by atoms with Crippen LogP contribution in [-0.4, -0.2) is 22.4 Å². The second kappa shape index (κ2) is 7.96. The third-order valence-electron chi connectivity index (χ3n) is 2.90. The van der Waals surface area contributed by atoms with Crippen LogP contribution in [0.1, 0.15) is 15.2 Å². The predicted octanol–water partition coefficient (Wildman–Crippen LogP) is 4.87. The van der Waals surface area contributed by atoms with E-state index in [-0.39, 0.29) is 5.91 Å². The molecule has 0 saturated carbocycles. The van der Waals surface area contributed by atoms with E-state index in [1.165, 1.54) is 16.2 Å². The molecule has 0 bridgehead atoms. The lowest BCUT2D eigenvalue weighted by Gasteiger charge is -2.02. The maximum Gasteiger partial charge on any atom is 0.257 e. The number of anilines is 1. The van der Waals surface area contributed by atoms with Gasteiger partial charge in [0.15, 0.2) is 4.34 Å². The van der Waals surface area contributed by atoms with Gasteiger partial charge >= 0.3 is 0 Å². The Morgan fingerprint density at radius 2 is 2.04 bits per heavy atom. The molecular weight excluding hydrogens is 366 g/mol. The van der Waals surface area contributed by atoms with Gasteiger partial charge < -0.3 is 0 Å². The molecule has 0 radical (unpaired) electrons. The van der Waals surface area contributed by atoms with Crippen LogP contribution in [0.25, 0.3) is 0 Å². The zero-order valence-corrected chi connectivity index (χ0v) is 15.5. The van der Waals surface area contributed by atoms with Crippen LogP contribution in [0.4, 0.5) is 5.13 Å². The maximum absolute atomic E-state index is 12.2. The van der Waals surface area contributed by atoms with Crippen LogP contribution in [0.5, 0.6) is 0 Å².